The molecule has 4 rings (SSSR count). The SMILES string of the molecule is O=C(NC1CONC1=O)c1ccc(C2=NCC(c3cccc(C(F)(F)F)c3)(C(F)(F)F)C2)cn1. The molecule has 180 valence electrons. The van der Waals surface area contributed by atoms with Crippen LogP contribution in [0.25, 0.3) is 0 Å². The number of benzene rings is 1. The quantitative estimate of drug-likeness (QED) is 0.651. The monoisotopic (exact) mass is 486 g/mol. The fourth-order valence-corrected chi connectivity index (χ4v) is 3.74. The summed E-state index contributed by atoms with van der Waals surface area (Å²) in [6.07, 6.45) is -9.21. The van der Waals surface area contributed by atoms with Gasteiger partial charge in [0.05, 0.1) is 12.1 Å². The zero-order valence-electron chi connectivity index (χ0n) is 17.1. The molecule has 1 aromatic heterocycles. The summed E-state index contributed by atoms with van der Waals surface area (Å²) in [4.78, 5) is 36.3. The summed E-state index contributed by atoms with van der Waals surface area (Å²) in [5.41, 5.74) is -2.18. The van der Waals surface area contributed by atoms with E-state index in [9.17, 15) is 35.9 Å². The number of halogens is 6. The van der Waals surface area contributed by atoms with Crippen LogP contribution < -0.4 is 10.8 Å². The molecule has 0 aliphatic carbocycles. The van der Waals surface area contributed by atoms with Crippen molar-refractivity contribution in [2.75, 3.05) is 13.2 Å². The van der Waals surface area contributed by atoms with Crippen molar-refractivity contribution in [3.05, 3.63) is 65.0 Å². The molecule has 3 heterocycles. The second kappa shape index (κ2) is 8.38. The largest absolute Gasteiger partial charge is 0.416 e. The number of hydrogen-bond donors (Lipinski definition) is 2. The average Bonchev–Trinajstić information content (AvgIpc) is 3.41. The van der Waals surface area contributed by atoms with Crippen LogP contribution >= 0.6 is 0 Å². The molecule has 2 N–H and O–H groups in total. The fourth-order valence-electron chi connectivity index (χ4n) is 3.74. The van der Waals surface area contributed by atoms with Crippen molar-refractivity contribution in [1.29, 1.82) is 0 Å². The van der Waals surface area contributed by atoms with Gasteiger partial charge < -0.3 is 5.32 Å². The van der Waals surface area contributed by atoms with Crippen molar-refractivity contribution in [3.63, 3.8) is 0 Å². The molecule has 0 radical (unpaired) electrons. The Labute approximate surface area is 188 Å². The van der Waals surface area contributed by atoms with Gasteiger partial charge in [-0.25, -0.2) is 5.48 Å². The van der Waals surface area contributed by atoms with Gasteiger partial charge in [0.25, 0.3) is 11.8 Å². The van der Waals surface area contributed by atoms with Gasteiger partial charge in [0.2, 0.25) is 0 Å². The van der Waals surface area contributed by atoms with Crippen molar-refractivity contribution in [2.24, 2.45) is 4.99 Å². The Bertz CT molecular complexity index is 1150. The summed E-state index contributed by atoms with van der Waals surface area (Å²) < 4.78 is 81.7. The number of amides is 2. The molecule has 2 aromatic rings. The predicted molar refractivity (Wildman–Crippen MR) is 105 cm³/mol. The Morgan fingerprint density at radius 1 is 1.15 bits per heavy atom. The standard InChI is InChI=1S/C21H16F6N4O3/c22-20(23,24)13-3-1-2-12(6-13)19(21(25,26)27)7-15(29-10-19)11-4-5-14(28-8-11)17(32)30-16-9-34-31-18(16)33/h1-6,8,16H,7,9-10H2,(H,30,32)(H,31,33). The normalized spacial score (nSPS) is 22.9. The van der Waals surface area contributed by atoms with Gasteiger partial charge in [0.15, 0.2) is 0 Å². The van der Waals surface area contributed by atoms with Gasteiger partial charge in [-0.15, -0.1) is 0 Å². The Kier molecular flexibility index (Phi) is 5.84. The summed E-state index contributed by atoms with van der Waals surface area (Å²) in [5.74, 6) is -1.23. The Morgan fingerprint density at radius 3 is 2.50 bits per heavy atom. The third-order valence-electron chi connectivity index (χ3n) is 5.67. The van der Waals surface area contributed by atoms with E-state index in [0.29, 0.717) is 12.1 Å². The minimum atomic E-state index is -4.88. The third-order valence-corrected chi connectivity index (χ3v) is 5.67. The summed E-state index contributed by atoms with van der Waals surface area (Å²) >= 11 is 0. The van der Waals surface area contributed by atoms with Crippen molar-refractivity contribution in [3.8, 4) is 0 Å². The number of hydrogen-bond acceptors (Lipinski definition) is 5. The Morgan fingerprint density at radius 2 is 1.91 bits per heavy atom. The molecule has 2 aliphatic heterocycles. The molecule has 2 amide bonds. The number of carbonyl (C=O) groups is 2. The average molecular weight is 486 g/mol. The van der Waals surface area contributed by atoms with E-state index in [2.05, 4.69) is 20.8 Å². The van der Waals surface area contributed by atoms with Crippen LogP contribution in [-0.2, 0) is 21.2 Å². The van der Waals surface area contributed by atoms with E-state index in [1.807, 2.05) is 0 Å². The first-order chi connectivity index (χ1) is 15.9. The maximum atomic E-state index is 14.1. The molecule has 0 saturated carbocycles. The van der Waals surface area contributed by atoms with E-state index in [1.165, 1.54) is 12.1 Å². The zero-order valence-corrected chi connectivity index (χ0v) is 17.1. The highest BCUT2D eigenvalue weighted by Crippen LogP contribution is 2.48. The number of aromatic nitrogens is 1. The maximum absolute atomic E-state index is 14.1. The molecular weight excluding hydrogens is 470 g/mol. The molecule has 1 fully saturated rings. The molecule has 1 aromatic carbocycles. The molecule has 7 nitrogen and oxygen atoms in total. The fraction of sp³-hybridized carbons (Fsp3) is 0.333. The molecule has 2 unspecified atom stereocenters. The minimum absolute atomic E-state index is 0.00207. The van der Waals surface area contributed by atoms with E-state index in [1.54, 1.807) is 0 Å². The van der Waals surface area contributed by atoms with E-state index in [-0.39, 0.29) is 23.6 Å². The highest BCUT2D eigenvalue weighted by Gasteiger charge is 2.58. The van der Waals surface area contributed by atoms with Crippen LogP contribution in [0.3, 0.4) is 0 Å². The van der Waals surface area contributed by atoms with Crippen LogP contribution in [0.4, 0.5) is 26.3 Å². The molecule has 2 aliphatic rings. The summed E-state index contributed by atoms with van der Waals surface area (Å²) in [7, 11) is 0. The summed E-state index contributed by atoms with van der Waals surface area (Å²) in [5, 5.41) is 2.40. The van der Waals surface area contributed by atoms with Crippen LogP contribution in [0.1, 0.15) is 33.6 Å². The molecule has 1 saturated heterocycles. The van der Waals surface area contributed by atoms with Gasteiger partial charge in [-0.1, -0.05) is 18.2 Å². The molecule has 0 spiro atoms. The Hall–Kier alpha value is -3.48. The van der Waals surface area contributed by atoms with Crippen LogP contribution in [0.5, 0.6) is 0 Å². The second-order valence-corrected chi connectivity index (χ2v) is 7.83. The molecule has 34 heavy (non-hydrogen) atoms. The lowest BCUT2D eigenvalue weighted by Crippen LogP contribution is -2.44. The number of nitrogens with zero attached hydrogens (tertiary/aromatic N) is 2. The van der Waals surface area contributed by atoms with Gasteiger partial charge >= 0.3 is 12.4 Å². The molecular formula is C21H16F6N4O3. The number of carbonyl (C=O) groups excluding carboxylic acids is 2. The van der Waals surface area contributed by atoms with Gasteiger partial charge in [-0.2, -0.15) is 26.3 Å². The van der Waals surface area contributed by atoms with Crippen molar-refractivity contribution < 1.29 is 40.8 Å². The lowest BCUT2D eigenvalue weighted by molar-refractivity contribution is -0.184. The maximum Gasteiger partial charge on any atom is 0.416 e. The molecule has 13 heteroatoms. The number of pyridine rings is 1. The first-order valence-electron chi connectivity index (χ1n) is 9.87. The van der Waals surface area contributed by atoms with Crippen molar-refractivity contribution >= 4 is 17.5 Å². The number of rotatable bonds is 4. The highest BCUT2D eigenvalue weighted by atomic mass is 19.4. The lowest BCUT2D eigenvalue weighted by atomic mass is 9.76. The van der Waals surface area contributed by atoms with Crippen LogP contribution in [-0.4, -0.2) is 47.9 Å². The topological polar surface area (TPSA) is 92.7 Å². The Balaban J connectivity index is 1.55. The van der Waals surface area contributed by atoms with Crippen molar-refractivity contribution in [2.45, 2.75) is 30.2 Å². The van der Waals surface area contributed by atoms with E-state index in [0.717, 1.165) is 18.3 Å². The van der Waals surface area contributed by atoms with Crippen LogP contribution in [0.15, 0.2) is 47.6 Å². The first-order valence-corrected chi connectivity index (χ1v) is 9.87. The van der Waals surface area contributed by atoms with E-state index in [4.69, 9.17) is 4.84 Å². The van der Waals surface area contributed by atoms with Crippen LogP contribution in [0.2, 0.25) is 0 Å². The van der Waals surface area contributed by atoms with Gasteiger partial charge in [0.1, 0.15) is 23.8 Å². The molecule has 0 bridgehead atoms. The van der Waals surface area contributed by atoms with Gasteiger partial charge in [-0.05, 0) is 23.8 Å². The van der Waals surface area contributed by atoms with E-state index < -0.39 is 59.7 Å². The molecule has 2 atom stereocenters. The van der Waals surface area contributed by atoms with Gasteiger partial charge in [-0.3, -0.25) is 24.4 Å². The first kappa shape index (κ1) is 23.7. The number of aliphatic imine (C=N–C) groups is 1. The van der Waals surface area contributed by atoms with E-state index >= 15 is 0 Å². The number of alkyl halides is 6. The highest BCUT2D eigenvalue weighted by molar-refractivity contribution is 6.03. The lowest BCUT2D eigenvalue weighted by Gasteiger charge is -2.32. The van der Waals surface area contributed by atoms with Gasteiger partial charge in [0, 0.05) is 23.9 Å². The predicted octanol–water partition coefficient (Wildman–Crippen LogP) is 2.95. The summed E-state index contributed by atoms with van der Waals surface area (Å²) in [6, 6.07) is 4.83. The minimum Gasteiger partial charge on any atom is -0.337 e. The van der Waals surface area contributed by atoms with Crippen molar-refractivity contribution in [1.82, 2.24) is 15.8 Å². The zero-order chi connectivity index (χ0) is 24.7. The second-order valence-electron chi connectivity index (χ2n) is 7.83. The number of nitrogens with one attached hydrogen (secondary N) is 2. The van der Waals surface area contributed by atoms with Crippen LogP contribution in [0, 0.1) is 0 Å². The summed E-state index contributed by atoms with van der Waals surface area (Å²) in [6.45, 7) is -0.860. The number of hydroxylamine groups is 1. The smallest absolute Gasteiger partial charge is 0.337 e. The third kappa shape index (κ3) is 4.34.